The third kappa shape index (κ3) is 6.30. The van der Waals surface area contributed by atoms with Crippen molar-refractivity contribution in [1.82, 2.24) is 15.1 Å². The highest BCUT2D eigenvalue weighted by atomic mass is 35.5. The Labute approximate surface area is 217 Å². The van der Waals surface area contributed by atoms with Gasteiger partial charge >= 0.3 is 6.03 Å². The third-order valence-corrected chi connectivity index (χ3v) is 7.09. The van der Waals surface area contributed by atoms with E-state index in [1.807, 2.05) is 48.5 Å². The molecule has 0 aliphatic carbocycles. The Kier molecular flexibility index (Phi) is 8.07. The Balaban J connectivity index is 1.21. The number of urea groups is 1. The molecule has 0 spiro atoms. The summed E-state index contributed by atoms with van der Waals surface area (Å²) in [7, 11) is 1.75. The largest absolute Gasteiger partial charge is 0.492 e. The summed E-state index contributed by atoms with van der Waals surface area (Å²) >= 11 is 6.06. The van der Waals surface area contributed by atoms with Gasteiger partial charge in [0, 0.05) is 31.8 Å². The van der Waals surface area contributed by atoms with E-state index in [2.05, 4.69) is 10.2 Å². The first-order valence-electron chi connectivity index (χ1n) is 12.2. The molecule has 0 bridgehead atoms. The fourth-order valence-corrected chi connectivity index (χ4v) is 4.70. The first-order valence-corrected chi connectivity index (χ1v) is 12.6. The Morgan fingerprint density at radius 2 is 1.72 bits per heavy atom. The summed E-state index contributed by atoms with van der Waals surface area (Å²) in [6.07, 6.45) is 1.76. The lowest BCUT2D eigenvalue weighted by Gasteiger charge is -2.40. The lowest BCUT2D eigenvalue weighted by Crippen LogP contribution is -2.48. The van der Waals surface area contributed by atoms with E-state index < -0.39 is 5.54 Å². The number of rotatable bonds is 10. The first-order chi connectivity index (χ1) is 17.2. The second-order valence-corrected chi connectivity index (χ2v) is 10.4. The van der Waals surface area contributed by atoms with Gasteiger partial charge < -0.3 is 19.5 Å². The number of halogens is 1. The molecule has 0 atom stereocenters. The van der Waals surface area contributed by atoms with Crippen LogP contribution in [-0.2, 0) is 16.1 Å². The number of carbonyl (C=O) groups is 2. The Hall–Kier alpha value is -2.81. The number of nitrogens with one attached hydrogen (secondary N) is 1. The van der Waals surface area contributed by atoms with Gasteiger partial charge in [-0.1, -0.05) is 29.8 Å². The molecule has 9 heteroatoms. The summed E-state index contributed by atoms with van der Waals surface area (Å²) in [5.41, 5.74) is 0.0249. The monoisotopic (exact) mass is 515 g/mol. The molecular formula is C27H34ClN3O5. The minimum absolute atomic E-state index is 0.214. The molecule has 4 rings (SSSR count). The van der Waals surface area contributed by atoms with Gasteiger partial charge in [-0.2, -0.15) is 0 Å². The van der Waals surface area contributed by atoms with Crippen LogP contribution in [0, 0.1) is 0 Å². The molecule has 2 aliphatic rings. The zero-order chi connectivity index (χ0) is 25.8. The molecule has 2 aromatic carbocycles. The van der Waals surface area contributed by atoms with E-state index in [0.29, 0.717) is 17.4 Å². The standard InChI is InChI=1S/C27H34ClN3O5/c1-26(2)24(32)31(25(33)29-26)15-16-35-22-9-7-20(8-10-22)18-30-13-11-27(34-3,12-14-30)19-36-23-6-4-5-21(28)17-23/h4-10,17H,11-16,18-19H2,1-3H3,(H,29,33). The van der Waals surface area contributed by atoms with Crippen molar-refractivity contribution in [2.24, 2.45) is 0 Å². The zero-order valence-electron chi connectivity index (χ0n) is 21.1. The second kappa shape index (κ2) is 11.1. The summed E-state index contributed by atoms with van der Waals surface area (Å²) in [6.45, 7) is 7.00. The zero-order valence-corrected chi connectivity index (χ0v) is 21.8. The molecule has 2 saturated heterocycles. The molecule has 2 fully saturated rings. The van der Waals surface area contributed by atoms with Gasteiger partial charge in [0.2, 0.25) is 0 Å². The molecule has 1 N–H and O–H groups in total. The van der Waals surface area contributed by atoms with Gasteiger partial charge in [-0.3, -0.25) is 14.6 Å². The number of amides is 3. The summed E-state index contributed by atoms with van der Waals surface area (Å²) in [5, 5.41) is 3.33. The molecule has 2 heterocycles. The lowest BCUT2D eigenvalue weighted by atomic mass is 9.91. The number of hydrogen-bond acceptors (Lipinski definition) is 6. The van der Waals surface area contributed by atoms with Crippen LogP contribution in [0.4, 0.5) is 4.79 Å². The van der Waals surface area contributed by atoms with Gasteiger partial charge in [0.25, 0.3) is 5.91 Å². The third-order valence-electron chi connectivity index (χ3n) is 6.86. The highest BCUT2D eigenvalue weighted by Crippen LogP contribution is 2.29. The highest BCUT2D eigenvalue weighted by molar-refractivity contribution is 6.30. The predicted octanol–water partition coefficient (Wildman–Crippen LogP) is 4.11. The van der Waals surface area contributed by atoms with E-state index in [-0.39, 0.29) is 30.7 Å². The smallest absolute Gasteiger partial charge is 0.325 e. The minimum atomic E-state index is -0.862. The molecule has 3 amide bonds. The maximum atomic E-state index is 12.2. The number of benzene rings is 2. The Bertz CT molecular complexity index is 1070. The van der Waals surface area contributed by atoms with Gasteiger partial charge in [-0.05, 0) is 62.6 Å². The van der Waals surface area contributed by atoms with Crippen LogP contribution in [-0.4, -0.2) is 72.8 Å². The maximum Gasteiger partial charge on any atom is 0.325 e. The summed E-state index contributed by atoms with van der Waals surface area (Å²) in [4.78, 5) is 27.8. The summed E-state index contributed by atoms with van der Waals surface area (Å²) in [5.74, 6) is 1.23. The molecule has 2 aliphatic heterocycles. The number of ether oxygens (including phenoxy) is 3. The van der Waals surface area contributed by atoms with Gasteiger partial charge in [0.05, 0.1) is 6.54 Å². The van der Waals surface area contributed by atoms with Crippen LogP contribution >= 0.6 is 11.6 Å². The summed E-state index contributed by atoms with van der Waals surface area (Å²) in [6, 6.07) is 15.0. The lowest BCUT2D eigenvalue weighted by molar-refractivity contribution is -0.130. The number of methoxy groups -OCH3 is 1. The average Bonchev–Trinajstić information content (AvgIpc) is 3.06. The quantitative estimate of drug-likeness (QED) is 0.480. The van der Waals surface area contributed by atoms with Crippen molar-refractivity contribution >= 4 is 23.5 Å². The Morgan fingerprint density at radius 1 is 1.00 bits per heavy atom. The van der Waals surface area contributed by atoms with Gasteiger partial charge in [0.1, 0.15) is 35.9 Å². The van der Waals surface area contributed by atoms with E-state index in [0.717, 1.165) is 38.2 Å². The van der Waals surface area contributed by atoms with E-state index >= 15 is 0 Å². The van der Waals surface area contributed by atoms with E-state index in [1.165, 1.54) is 10.5 Å². The molecule has 2 aromatic rings. The second-order valence-electron chi connectivity index (χ2n) is 9.91. The number of nitrogens with zero attached hydrogens (tertiary/aromatic N) is 2. The van der Waals surface area contributed by atoms with Crippen molar-refractivity contribution in [1.29, 1.82) is 0 Å². The van der Waals surface area contributed by atoms with Crippen molar-refractivity contribution in [2.45, 2.75) is 44.4 Å². The van der Waals surface area contributed by atoms with Crippen LogP contribution in [0.25, 0.3) is 0 Å². The van der Waals surface area contributed by atoms with E-state index in [4.69, 9.17) is 25.8 Å². The minimum Gasteiger partial charge on any atom is -0.492 e. The van der Waals surface area contributed by atoms with Crippen molar-refractivity contribution in [3.8, 4) is 11.5 Å². The SMILES string of the molecule is COC1(COc2cccc(Cl)c2)CCN(Cc2ccc(OCCN3C(=O)NC(C)(C)C3=O)cc2)CC1. The van der Waals surface area contributed by atoms with Crippen molar-refractivity contribution in [3.63, 3.8) is 0 Å². The number of likely N-dealkylation sites (tertiary alicyclic amines) is 1. The van der Waals surface area contributed by atoms with Crippen LogP contribution in [0.2, 0.25) is 5.02 Å². The van der Waals surface area contributed by atoms with Crippen LogP contribution < -0.4 is 14.8 Å². The number of carbonyl (C=O) groups excluding carboxylic acids is 2. The van der Waals surface area contributed by atoms with Gasteiger partial charge in [0.15, 0.2) is 0 Å². The molecule has 0 radical (unpaired) electrons. The average molecular weight is 516 g/mol. The molecule has 0 saturated carbocycles. The first kappa shape index (κ1) is 26.3. The molecule has 36 heavy (non-hydrogen) atoms. The molecule has 194 valence electrons. The number of imide groups is 1. The fraction of sp³-hybridized carbons (Fsp3) is 0.481. The van der Waals surface area contributed by atoms with Crippen molar-refractivity contribution < 1.29 is 23.8 Å². The van der Waals surface area contributed by atoms with Gasteiger partial charge in [-0.15, -0.1) is 0 Å². The normalized spacial score (nSPS) is 19.3. The van der Waals surface area contributed by atoms with E-state index in [9.17, 15) is 9.59 Å². The molecule has 0 aromatic heterocycles. The fourth-order valence-electron chi connectivity index (χ4n) is 4.52. The summed E-state index contributed by atoms with van der Waals surface area (Å²) < 4.78 is 17.6. The van der Waals surface area contributed by atoms with Crippen molar-refractivity contribution in [3.05, 3.63) is 59.1 Å². The van der Waals surface area contributed by atoms with Crippen LogP contribution in [0.1, 0.15) is 32.3 Å². The van der Waals surface area contributed by atoms with Crippen LogP contribution in [0.3, 0.4) is 0 Å². The molecule has 8 nitrogen and oxygen atoms in total. The topological polar surface area (TPSA) is 80.3 Å². The van der Waals surface area contributed by atoms with E-state index in [1.54, 1.807) is 21.0 Å². The van der Waals surface area contributed by atoms with Crippen LogP contribution in [0.15, 0.2) is 48.5 Å². The van der Waals surface area contributed by atoms with Crippen LogP contribution in [0.5, 0.6) is 11.5 Å². The van der Waals surface area contributed by atoms with Gasteiger partial charge in [-0.25, -0.2) is 4.79 Å². The van der Waals surface area contributed by atoms with Crippen molar-refractivity contribution in [2.75, 3.05) is 40.0 Å². The predicted molar refractivity (Wildman–Crippen MR) is 137 cm³/mol. The number of piperidine rings is 1. The molecular weight excluding hydrogens is 482 g/mol. The molecule has 0 unspecified atom stereocenters. The number of hydrogen-bond donors (Lipinski definition) is 1. The Morgan fingerprint density at radius 3 is 2.33 bits per heavy atom. The highest BCUT2D eigenvalue weighted by Gasteiger charge is 2.44. The maximum absolute atomic E-state index is 12.2.